The van der Waals surface area contributed by atoms with Crippen molar-refractivity contribution in [2.24, 2.45) is 0 Å². The number of rotatable bonds is 7. The molecule has 2 aromatic rings. The van der Waals surface area contributed by atoms with Gasteiger partial charge >= 0.3 is 0 Å². The summed E-state index contributed by atoms with van der Waals surface area (Å²) >= 11 is 0. The van der Waals surface area contributed by atoms with Crippen LogP contribution in [0.2, 0.25) is 0 Å². The number of carbonyl (C=O) groups is 1. The van der Waals surface area contributed by atoms with Crippen LogP contribution in [0.25, 0.3) is 0 Å². The lowest BCUT2D eigenvalue weighted by Crippen LogP contribution is -2.33. The highest BCUT2D eigenvalue weighted by atomic mass is 16.1. The maximum absolute atomic E-state index is 12.5. The number of carbonyl (C=O) groups excluding carboxylic acids is 1. The first kappa shape index (κ1) is 16.3. The van der Waals surface area contributed by atoms with Gasteiger partial charge in [0.1, 0.15) is 0 Å². The van der Waals surface area contributed by atoms with Crippen LogP contribution in [0.15, 0.2) is 54.6 Å². The van der Waals surface area contributed by atoms with Crippen LogP contribution in [-0.4, -0.2) is 11.9 Å². The fourth-order valence-corrected chi connectivity index (χ4v) is 2.69. The third-order valence-electron chi connectivity index (χ3n) is 3.89. The predicted molar refractivity (Wildman–Crippen MR) is 92.1 cm³/mol. The Morgan fingerprint density at radius 3 is 2.41 bits per heavy atom. The summed E-state index contributed by atoms with van der Waals surface area (Å²) in [6.45, 7) is 4.20. The van der Waals surface area contributed by atoms with Crippen molar-refractivity contribution in [2.75, 3.05) is 0 Å². The Bertz CT molecular complexity index is 592. The fraction of sp³-hybridized carbons (Fsp3) is 0.350. The zero-order valence-corrected chi connectivity index (χ0v) is 13.5. The van der Waals surface area contributed by atoms with Crippen LogP contribution in [0.4, 0.5) is 0 Å². The van der Waals surface area contributed by atoms with Crippen LogP contribution in [0, 0.1) is 0 Å². The zero-order chi connectivity index (χ0) is 15.8. The molecule has 2 heteroatoms. The van der Waals surface area contributed by atoms with Gasteiger partial charge in [-0.25, -0.2) is 0 Å². The molecule has 1 N–H and O–H groups in total. The predicted octanol–water partition coefficient (Wildman–Crippen LogP) is 4.39. The van der Waals surface area contributed by atoms with Crippen LogP contribution < -0.4 is 5.32 Å². The summed E-state index contributed by atoms with van der Waals surface area (Å²) in [7, 11) is 0. The molecule has 1 amide bonds. The van der Waals surface area contributed by atoms with E-state index in [2.05, 4.69) is 49.5 Å². The molecule has 0 aliphatic rings. The smallest absolute Gasteiger partial charge is 0.251 e. The average Bonchev–Trinajstić information content (AvgIpc) is 2.54. The standard InChI is InChI=1S/C20H25NO/c1-3-9-16(2)21-20(22)19-13-8-7-12-18(19)15-14-17-10-5-4-6-11-17/h4-8,10-13,16H,3,9,14-15H2,1-2H3,(H,21,22). The van der Waals surface area contributed by atoms with Crippen molar-refractivity contribution in [2.45, 2.75) is 45.6 Å². The Kier molecular flexibility index (Phi) is 6.20. The molecule has 0 aliphatic heterocycles. The molecule has 1 unspecified atom stereocenters. The number of aryl methyl sites for hydroxylation is 2. The van der Waals surface area contributed by atoms with E-state index in [1.807, 2.05) is 24.3 Å². The number of hydrogen-bond acceptors (Lipinski definition) is 1. The molecule has 2 rings (SSSR count). The van der Waals surface area contributed by atoms with Gasteiger partial charge in [0.25, 0.3) is 5.91 Å². The van der Waals surface area contributed by atoms with Crippen molar-refractivity contribution in [1.82, 2.24) is 5.32 Å². The molecule has 2 nitrogen and oxygen atoms in total. The van der Waals surface area contributed by atoms with E-state index < -0.39 is 0 Å². The number of amides is 1. The fourth-order valence-electron chi connectivity index (χ4n) is 2.69. The van der Waals surface area contributed by atoms with Crippen LogP contribution in [0.5, 0.6) is 0 Å². The van der Waals surface area contributed by atoms with E-state index in [9.17, 15) is 4.79 Å². The van der Waals surface area contributed by atoms with Gasteiger partial charge in [0, 0.05) is 11.6 Å². The second-order valence-electron chi connectivity index (χ2n) is 5.81. The number of hydrogen-bond donors (Lipinski definition) is 1. The van der Waals surface area contributed by atoms with Crippen LogP contribution in [0.1, 0.15) is 48.2 Å². The van der Waals surface area contributed by atoms with Crippen molar-refractivity contribution in [3.8, 4) is 0 Å². The molecule has 0 saturated carbocycles. The van der Waals surface area contributed by atoms with Gasteiger partial charge in [0.05, 0.1) is 0 Å². The molecule has 0 bridgehead atoms. The summed E-state index contributed by atoms with van der Waals surface area (Å²) in [4.78, 5) is 12.5. The van der Waals surface area contributed by atoms with Gasteiger partial charge < -0.3 is 5.32 Å². The van der Waals surface area contributed by atoms with E-state index in [0.717, 1.165) is 36.8 Å². The quantitative estimate of drug-likeness (QED) is 0.806. The van der Waals surface area contributed by atoms with Crippen LogP contribution >= 0.6 is 0 Å². The molecule has 0 spiro atoms. The first-order valence-electron chi connectivity index (χ1n) is 8.13. The van der Waals surface area contributed by atoms with Gasteiger partial charge in [-0.15, -0.1) is 0 Å². The maximum Gasteiger partial charge on any atom is 0.251 e. The summed E-state index contributed by atoms with van der Waals surface area (Å²) in [5.41, 5.74) is 3.23. The Hall–Kier alpha value is -2.09. The Morgan fingerprint density at radius 1 is 1.00 bits per heavy atom. The minimum atomic E-state index is 0.0459. The maximum atomic E-state index is 12.5. The summed E-state index contributed by atoms with van der Waals surface area (Å²) in [6.07, 6.45) is 3.93. The molecular weight excluding hydrogens is 270 g/mol. The van der Waals surface area contributed by atoms with E-state index in [1.165, 1.54) is 5.56 Å². The Balaban J connectivity index is 2.04. The summed E-state index contributed by atoms with van der Waals surface area (Å²) in [6, 6.07) is 18.5. The molecule has 116 valence electrons. The topological polar surface area (TPSA) is 29.1 Å². The number of benzene rings is 2. The molecule has 0 heterocycles. The van der Waals surface area contributed by atoms with Crippen molar-refractivity contribution in [3.63, 3.8) is 0 Å². The number of nitrogens with one attached hydrogen (secondary N) is 1. The largest absolute Gasteiger partial charge is 0.350 e. The van der Waals surface area contributed by atoms with Crippen molar-refractivity contribution in [3.05, 3.63) is 71.3 Å². The minimum absolute atomic E-state index is 0.0459. The highest BCUT2D eigenvalue weighted by Crippen LogP contribution is 2.13. The summed E-state index contributed by atoms with van der Waals surface area (Å²) in [5.74, 6) is 0.0459. The van der Waals surface area contributed by atoms with E-state index in [4.69, 9.17) is 0 Å². The molecule has 0 aromatic heterocycles. The monoisotopic (exact) mass is 295 g/mol. The zero-order valence-electron chi connectivity index (χ0n) is 13.5. The van der Waals surface area contributed by atoms with Crippen molar-refractivity contribution < 1.29 is 4.79 Å². The molecule has 2 aromatic carbocycles. The van der Waals surface area contributed by atoms with Gasteiger partial charge in [-0.2, -0.15) is 0 Å². The average molecular weight is 295 g/mol. The highest BCUT2D eigenvalue weighted by molar-refractivity contribution is 5.95. The molecule has 1 atom stereocenters. The second kappa shape index (κ2) is 8.38. The molecule has 0 saturated heterocycles. The Labute approximate surface area is 133 Å². The van der Waals surface area contributed by atoms with E-state index in [0.29, 0.717) is 0 Å². The SMILES string of the molecule is CCCC(C)NC(=O)c1ccccc1CCc1ccccc1. The van der Waals surface area contributed by atoms with Gasteiger partial charge in [-0.3, -0.25) is 4.79 Å². The molecule has 0 fully saturated rings. The normalized spacial score (nSPS) is 11.9. The van der Waals surface area contributed by atoms with Crippen LogP contribution in [-0.2, 0) is 12.8 Å². The first-order valence-corrected chi connectivity index (χ1v) is 8.13. The van der Waals surface area contributed by atoms with E-state index in [1.54, 1.807) is 0 Å². The lowest BCUT2D eigenvalue weighted by atomic mass is 9.99. The minimum Gasteiger partial charge on any atom is -0.350 e. The summed E-state index contributed by atoms with van der Waals surface area (Å²) < 4.78 is 0. The van der Waals surface area contributed by atoms with E-state index >= 15 is 0 Å². The third kappa shape index (κ3) is 4.73. The lowest BCUT2D eigenvalue weighted by molar-refractivity contribution is 0.0937. The molecule has 0 radical (unpaired) electrons. The summed E-state index contributed by atoms with van der Waals surface area (Å²) in [5, 5.41) is 3.10. The first-order chi connectivity index (χ1) is 10.7. The van der Waals surface area contributed by atoms with Gasteiger partial charge in [0.2, 0.25) is 0 Å². The molecule has 0 aliphatic carbocycles. The Morgan fingerprint density at radius 2 is 1.68 bits per heavy atom. The molecular formula is C20H25NO. The van der Waals surface area contributed by atoms with Gasteiger partial charge in [-0.05, 0) is 43.4 Å². The highest BCUT2D eigenvalue weighted by Gasteiger charge is 2.12. The van der Waals surface area contributed by atoms with Crippen molar-refractivity contribution in [1.29, 1.82) is 0 Å². The van der Waals surface area contributed by atoms with Gasteiger partial charge in [0.15, 0.2) is 0 Å². The van der Waals surface area contributed by atoms with E-state index in [-0.39, 0.29) is 11.9 Å². The third-order valence-corrected chi connectivity index (χ3v) is 3.89. The van der Waals surface area contributed by atoms with Crippen molar-refractivity contribution >= 4 is 5.91 Å². The molecule has 22 heavy (non-hydrogen) atoms. The van der Waals surface area contributed by atoms with Gasteiger partial charge in [-0.1, -0.05) is 61.9 Å². The second-order valence-corrected chi connectivity index (χ2v) is 5.81. The lowest BCUT2D eigenvalue weighted by Gasteiger charge is -2.15. The van der Waals surface area contributed by atoms with Crippen LogP contribution in [0.3, 0.4) is 0 Å².